The van der Waals surface area contributed by atoms with E-state index in [4.69, 9.17) is 5.73 Å². The lowest BCUT2D eigenvalue weighted by Gasteiger charge is -2.06. The van der Waals surface area contributed by atoms with Crippen molar-refractivity contribution in [2.75, 3.05) is 13.6 Å². The van der Waals surface area contributed by atoms with E-state index in [0.29, 0.717) is 18.1 Å². The van der Waals surface area contributed by atoms with Crippen LogP contribution in [0.25, 0.3) is 0 Å². The Morgan fingerprint density at radius 1 is 1.17 bits per heavy atom. The van der Waals surface area contributed by atoms with Gasteiger partial charge in [0.25, 0.3) is 5.91 Å². The van der Waals surface area contributed by atoms with Gasteiger partial charge in [0.1, 0.15) is 0 Å². The van der Waals surface area contributed by atoms with Gasteiger partial charge in [0.05, 0.1) is 6.54 Å². The highest BCUT2D eigenvalue weighted by atomic mass is 127. The molecule has 136 valence electrons. The molecule has 1 rings (SSSR count). The number of nitrogens with two attached hydrogens (primary N) is 1. The highest BCUT2D eigenvalue weighted by molar-refractivity contribution is 14.0. The molecule has 5 nitrogen and oxygen atoms in total. The molecule has 0 unspecified atom stereocenters. The number of nitrogens with one attached hydrogen (secondary N) is 2. The second kappa shape index (κ2) is 14.1. The van der Waals surface area contributed by atoms with Crippen molar-refractivity contribution in [1.29, 1.82) is 0 Å². The lowest BCUT2D eigenvalue weighted by atomic mass is 10.1. The maximum atomic E-state index is 11.6. The van der Waals surface area contributed by atoms with Crippen molar-refractivity contribution in [3.63, 3.8) is 0 Å². The third kappa shape index (κ3) is 9.75. The molecule has 1 aromatic rings. The Hall–Kier alpha value is -1.31. The van der Waals surface area contributed by atoms with Gasteiger partial charge in [-0.1, -0.05) is 51.2 Å². The number of hydrogen-bond acceptors (Lipinski definition) is 2. The second-order valence-electron chi connectivity index (χ2n) is 5.68. The highest BCUT2D eigenvalue weighted by Crippen LogP contribution is 2.07. The molecule has 1 amide bonds. The van der Waals surface area contributed by atoms with Gasteiger partial charge in [0, 0.05) is 19.2 Å². The fourth-order valence-electron chi connectivity index (χ4n) is 2.31. The normalized spacial score (nSPS) is 10.8. The quantitative estimate of drug-likeness (QED) is 0.223. The number of hydrogen-bond donors (Lipinski definition) is 3. The van der Waals surface area contributed by atoms with Crippen LogP contribution in [0.3, 0.4) is 0 Å². The first-order valence-corrected chi connectivity index (χ1v) is 8.52. The zero-order chi connectivity index (χ0) is 16.9. The average molecular weight is 446 g/mol. The number of unbranched alkanes of at least 4 members (excludes halogenated alkanes) is 5. The van der Waals surface area contributed by atoms with E-state index in [1.165, 1.54) is 32.1 Å². The largest absolute Gasteiger partial charge is 0.370 e. The van der Waals surface area contributed by atoms with Crippen molar-refractivity contribution in [2.45, 2.75) is 52.0 Å². The van der Waals surface area contributed by atoms with E-state index in [1.54, 1.807) is 13.1 Å². The van der Waals surface area contributed by atoms with Crippen LogP contribution >= 0.6 is 24.0 Å². The van der Waals surface area contributed by atoms with Gasteiger partial charge < -0.3 is 16.4 Å². The van der Waals surface area contributed by atoms with Gasteiger partial charge in [-0.3, -0.25) is 4.79 Å². The summed E-state index contributed by atoms with van der Waals surface area (Å²) < 4.78 is 0. The van der Waals surface area contributed by atoms with Crippen LogP contribution in [-0.4, -0.2) is 25.5 Å². The van der Waals surface area contributed by atoms with Crippen LogP contribution in [0.2, 0.25) is 0 Å². The van der Waals surface area contributed by atoms with Crippen molar-refractivity contribution >= 4 is 35.8 Å². The van der Waals surface area contributed by atoms with Gasteiger partial charge in [-0.25, -0.2) is 4.99 Å². The van der Waals surface area contributed by atoms with E-state index in [0.717, 1.165) is 18.5 Å². The van der Waals surface area contributed by atoms with Crippen LogP contribution in [0.4, 0.5) is 0 Å². The molecular formula is C18H31IN4O. The van der Waals surface area contributed by atoms with Gasteiger partial charge >= 0.3 is 0 Å². The van der Waals surface area contributed by atoms with Crippen LogP contribution in [0, 0.1) is 0 Å². The maximum absolute atomic E-state index is 11.6. The Labute approximate surface area is 162 Å². The summed E-state index contributed by atoms with van der Waals surface area (Å²) in [7, 11) is 1.62. The highest BCUT2D eigenvalue weighted by Gasteiger charge is 2.03. The maximum Gasteiger partial charge on any atom is 0.251 e. The third-order valence-electron chi connectivity index (χ3n) is 3.68. The van der Waals surface area contributed by atoms with E-state index in [1.807, 2.05) is 18.2 Å². The lowest BCUT2D eigenvalue weighted by molar-refractivity contribution is 0.0963. The first-order chi connectivity index (χ1) is 11.2. The molecule has 6 heteroatoms. The van der Waals surface area contributed by atoms with Crippen LogP contribution in [0.15, 0.2) is 29.3 Å². The van der Waals surface area contributed by atoms with Crippen LogP contribution in [0.5, 0.6) is 0 Å². The molecule has 0 heterocycles. The molecular weight excluding hydrogens is 415 g/mol. The molecule has 0 aliphatic carbocycles. The third-order valence-corrected chi connectivity index (χ3v) is 3.68. The number of carbonyl (C=O) groups excluding carboxylic acids is 1. The summed E-state index contributed by atoms with van der Waals surface area (Å²) in [5.41, 5.74) is 7.47. The van der Waals surface area contributed by atoms with Crippen molar-refractivity contribution in [2.24, 2.45) is 10.7 Å². The van der Waals surface area contributed by atoms with Crippen molar-refractivity contribution in [1.82, 2.24) is 10.6 Å². The number of halogens is 1. The summed E-state index contributed by atoms with van der Waals surface area (Å²) in [6.45, 7) is 3.56. The summed E-state index contributed by atoms with van der Waals surface area (Å²) in [4.78, 5) is 15.9. The van der Waals surface area contributed by atoms with Crippen LogP contribution in [-0.2, 0) is 6.54 Å². The molecule has 0 aliphatic heterocycles. The van der Waals surface area contributed by atoms with Crippen molar-refractivity contribution in [3.8, 4) is 0 Å². The minimum absolute atomic E-state index is 0. The zero-order valence-corrected chi connectivity index (χ0v) is 17.1. The Morgan fingerprint density at radius 2 is 1.88 bits per heavy atom. The first kappa shape index (κ1) is 22.7. The molecule has 4 N–H and O–H groups in total. The minimum atomic E-state index is -0.0926. The number of carbonyl (C=O) groups is 1. The van der Waals surface area contributed by atoms with Crippen molar-refractivity contribution in [3.05, 3.63) is 35.4 Å². The van der Waals surface area contributed by atoms with Crippen LogP contribution in [0.1, 0.15) is 61.4 Å². The topological polar surface area (TPSA) is 79.5 Å². The van der Waals surface area contributed by atoms with Gasteiger partial charge in [0.15, 0.2) is 5.96 Å². The first-order valence-electron chi connectivity index (χ1n) is 8.52. The summed E-state index contributed by atoms with van der Waals surface area (Å²) in [5, 5.41) is 5.75. The summed E-state index contributed by atoms with van der Waals surface area (Å²) in [5.74, 6) is 0.369. The smallest absolute Gasteiger partial charge is 0.251 e. The SMILES string of the molecule is CCCCCCCCNC(N)=NCc1cccc(C(=O)NC)c1.I. The number of amides is 1. The van der Waals surface area contributed by atoms with E-state index in [-0.39, 0.29) is 29.9 Å². The van der Waals surface area contributed by atoms with E-state index < -0.39 is 0 Å². The van der Waals surface area contributed by atoms with Gasteiger partial charge in [-0.2, -0.15) is 0 Å². The molecule has 0 spiro atoms. The molecule has 0 radical (unpaired) electrons. The standard InChI is InChI=1S/C18H30N4O.HI/c1-3-4-5-6-7-8-12-21-18(19)22-14-15-10-9-11-16(13-15)17(23)20-2;/h9-11,13H,3-8,12,14H2,1-2H3,(H,20,23)(H3,19,21,22);1H. The van der Waals surface area contributed by atoms with Gasteiger partial charge in [-0.05, 0) is 24.1 Å². The van der Waals surface area contributed by atoms with E-state index >= 15 is 0 Å². The number of benzene rings is 1. The minimum Gasteiger partial charge on any atom is -0.370 e. The number of nitrogens with zero attached hydrogens (tertiary/aromatic N) is 1. The van der Waals surface area contributed by atoms with Crippen LogP contribution < -0.4 is 16.4 Å². The predicted molar refractivity (Wildman–Crippen MR) is 112 cm³/mol. The average Bonchev–Trinajstić information content (AvgIpc) is 2.58. The summed E-state index contributed by atoms with van der Waals surface area (Å²) in [6.07, 6.45) is 7.56. The van der Waals surface area contributed by atoms with Gasteiger partial charge in [0.2, 0.25) is 0 Å². The molecule has 0 saturated carbocycles. The monoisotopic (exact) mass is 446 g/mol. The Bertz CT molecular complexity index is 506. The molecule has 0 fully saturated rings. The van der Waals surface area contributed by atoms with E-state index in [9.17, 15) is 4.79 Å². The second-order valence-corrected chi connectivity index (χ2v) is 5.68. The molecule has 24 heavy (non-hydrogen) atoms. The Balaban J connectivity index is 0.00000529. The number of rotatable bonds is 10. The van der Waals surface area contributed by atoms with Gasteiger partial charge in [-0.15, -0.1) is 24.0 Å². The Morgan fingerprint density at radius 3 is 2.58 bits per heavy atom. The Kier molecular flexibility index (Phi) is 13.3. The van der Waals surface area contributed by atoms with E-state index in [2.05, 4.69) is 22.5 Å². The fourth-order valence-corrected chi connectivity index (χ4v) is 2.31. The molecule has 0 bridgehead atoms. The summed E-state index contributed by atoms with van der Waals surface area (Å²) in [6, 6.07) is 7.42. The number of guanidine groups is 1. The predicted octanol–water partition coefficient (Wildman–Crippen LogP) is 3.43. The number of aliphatic imine (C=N–C) groups is 1. The fraction of sp³-hybridized carbons (Fsp3) is 0.556. The molecule has 0 saturated heterocycles. The summed E-state index contributed by atoms with van der Waals surface area (Å²) >= 11 is 0. The molecule has 1 aromatic carbocycles. The van der Waals surface area contributed by atoms with Crippen molar-refractivity contribution < 1.29 is 4.79 Å². The zero-order valence-electron chi connectivity index (χ0n) is 14.8. The molecule has 0 atom stereocenters. The lowest BCUT2D eigenvalue weighted by Crippen LogP contribution is -2.32. The molecule has 0 aliphatic rings. The molecule has 0 aromatic heterocycles.